The van der Waals surface area contributed by atoms with Crippen LogP contribution in [0.4, 0.5) is 0 Å². The van der Waals surface area contributed by atoms with Crippen LogP contribution in [0.25, 0.3) is 22.5 Å². The number of aromatic nitrogens is 7. The highest BCUT2D eigenvalue weighted by molar-refractivity contribution is 5.80. The summed E-state index contributed by atoms with van der Waals surface area (Å²) in [5, 5.41) is 18.9. The molecule has 0 aliphatic rings. The summed E-state index contributed by atoms with van der Waals surface area (Å²) in [5.74, 6) is 1.93. The smallest absolute Gasteiger partial charge is 0.274 e. The van der Waals surface area contributed by atoms with Gasteiger partial charge in [-0.15, -0.1) is 5.10 Å². The van der Waals surface area contributed by atoms with Crippen molar-refractivity contribution < 1.29 is 0 Å². The van der Waals surface area contributed by atoms with Crippen molar-refractivity contribution in [2.45, 2.75) is 46.7 Å². The van der Waals surface area contributed by atoms with Gasteiger partial charge >= 0.3 is 5.69 Å². The first-order valence-corrected chi connectivity index (χ1v) is 11.3. The largest absolute Gasteiger partial charge is 0.346 e. The van der Waals surface area contributed by atoms with E-state index in [0.29, 0.717) is 31.3 Å². The third kappa shape index (κ3) is 5.16. The number of H-pyrrole nitrogens is 1. The highest BCUT2D eigenvalue weighted by Crippen LogP contribution is 2.29. The molecule has 2 heterocycles. The summed E-state index contributed by atoms with van der Waals surface area (Å²) in [6.45, 7) is 7.41. The van der Waals surface area contributed by atoms with Crippen LogP contribution in [0.2, 0.25) is 0 Å². The molecule has 0 unspecified atom stereocenters. The summed E-state index contributed by atoms with van der Waals surface area (Å²) in [7, 11) is 0. The molecule has 2 aromatic heterocycles. The normalized spacial score (nSPS) is 11.6. The lowest BCUT2D eigenvalue weighted by molar-refractivity contribution is 0.473. The summed E-state index contributed by atoms with van der Waals surface area (Å²) in [5.41, 5.74) is 4.02. The van der Waals surface area contributed by atoms with Gasteiger partial charge in [-0.1, -0.05) is 74.5 Å². The standard InChI is InChI=1S/C25H29N7O/c1-4-5-10-23-28-32(16-15-18(2)3)25(33)31(23)17-19-11-13-20(14-12-19)21-8-6-7-9-22(21)24-26-29-30-27-24/h4-9,11-14,18H,10,15-17H2,1-3H3,(H,26,27,29,30). The van der Waals surface area contributed by atoms with E-state index in [2.05, 4.69) is 63.8 Å². The molecule has 0 radical (unpaired) electrons. The minimum atomic E-state index is -0.0533. The molecule has 170 valence electrons. The van der Waals surface area contributed by atoms with Gasteiger partial charge in [0, 0.05) is 18.5 Å². The van der Waals surface area contributed by atoms with Crippen molar-refractivity contribution in [1.29, 1.82) is 0 Å². The molecule has 0 amide bonds. The minimum Gasteiger partial charge on any atom is -0.274 e. The maximum absolute atomic E-state index is 13.1. The number of aryl methyl sites for hydroxylation is 1. The maximum atomic E-state index is 13.1. The molecule has 0 spiro atoms. The highest BCUT2D eigenvalue weighted by atomic mass is 16.2. The lowest BCUT2D eigenvalue weighted by Crippen LogP contribution is -2.26. The molecule has 2 aromatic carbocycles. The molecule has 0 atom stereocenters. The Morgan fingerprint density at radius 1 is 1.06 bits per heavy atom. The van der Waals surface area contributed by atoms with Crippen LogP contribution in [-0.4, -0.2) is 35.0 Å². The van der Waals surface area contributed by atoms with E-state index < -0.39 is 0 Å². The number of aromatic amines is 1. The van der Waals surface area contributed by atoms with Gasteiger partial charge in [0.2, 0.25) is 0 Å². The van der Waals surface area contributed by atoms with Gasteiger partial charge in [-0.3, -0.25) is 4.57 Å². The molecule has 4 aromatic rings. The van der Waals surface area contributed by atoms with Gasteiger partial charge in [0.15, 0.2) is 5.82 Å². The zero-order valence-corrected chi connectivity index (χ0v) is 19.3. The molecule has 0 aliphatic carbocycles. The third-order valence-corrected chi connectivity index (χ3v) is 5.59. The van der Waals surface area contributed by atoms with Crippen LogP contribution in [0, 0.1) is 5.92 Å². The van der Waals surface area contributed by atoms with E-state index in [0.717, 1.165) is 34.5 Å². The first-order chi connectivity index (χ1) is 16.1. The summed E-state index contributed by atoms with van der Waals surface area (Å²) in [6, 6.07) is 16.2. The molecule has 4 rings (SSSR count). The summed E-state index contributed by atoms with van der Waals surface area (Å²) in [6.07, 6.45) is 5.58. The highest BCUT2D eigenvalue weighted by Gasteiger charge is 2.14. The van der Waals surface area contributed by atoms with E-state index in [9.17, 15) is 4.79 Å². The Morgan fingerprint density at radius 3 is 2.48 bits per heavy atom. The zero-order valence-electron chi connectivity index (χ0n) is 19.3. The summed E-state index contributed by atoms with van der Waals surface area (Å²) in [4.78, 5) is 13.1. The van der Waals surface area contributed by atoms with Crippen LogP contribution in [0.1, 0.15) is 38.6 Å². The van der Waals surface area contributed by atoms with Crippen molar-refractivity contribution in [3.63, 3.8) is 0 Å². The molecule has 0 saturated carbocycles. The van der Waals surface area contributed by atoms with E-state index in [-0.39, 0.29) is 5.69 Å². The van der Waals surface area contributed by atoms with Gasteiger partial charge in [0.1, 0.15) is 5.82 Å². The second-order valence-electron chi connectivity index (χ2n) is 8.46. The van der Waals surface area contributed by atoms with E-state index >= 15 is 0 Å². The topological polar surface area (TPSA) is 94.3 Å². The summed E-state index contributed by atoms with van der Waals surface area (Å²) < 4.78 is 3.39. The van der Waals surface area contributed by atoms with Gasteiger partial charge in [-0.05, 0) is 46.4 Å². The predicted molar refractivity (Wildman–Crippen MR) is 129 cm³/mol. The predicted octanol–water partition coefficient (Wildman–Crippen LogP) is 4.10. The van der Waals surface area contributed by atoms with Crippen molar-refractivity contribution >= 4 is 0 Å². The third-order valence-electron chi connectivity index (χ3n) is 5.59. The van der Waals surface area contributed by atoms with E-state index in [4.69, 9.17) is 0 Å². The quantitative estimate of drug-likeness (QED) is 0.393. The first kappa shape index (κ1) is 22.4. The van der Waals surface area contributed by atoms with Crippen molar-refractivity contribution in [2.75, 3.05) is 0 Å². The number of hydrogen-bond donors (Lipinski definition) is 1. The average Bonchev–Trinajstić information content (AvgIpc) is 3.46. The monoisotopic (exact) mass is 443 g/mol. The number of hydrogen-bond acceptors (Lipinski definition) is 5. The summed E-state index contributed by atoms with van der Waals surface area (Å²) >= 11 is 0. The maximum Gasteiger partial charge on any atom is 0.346 e. The SMILES string of the molecule is CC=CCc1nn(CCC(C)C)c(=O)n1Cc1ccc(-c2ccccc2-c2nnn[nH]2)cc1. The molecule has 1 N–H and O–H groups in total. The molecule has 0 bridgehead atoms. The fourth-order valence-corrected chi connectivity index (χ4v) is 3.73. The van der Waals surface area contributed by atoms with Crippen molar-refractivity contribution in [1.82, 2.24) is 35.0 Å². The molecule has 0 fully saturated rings. The first-order valence-electron chi connectivity index (χ1n) is 11.3. The Balaban J connectivity index is 1.61. The number of nitrogens with one attached hydrogen (secondary N) is 1. The second-order valence-corrected chi connectivity index (χ2v) is 8.46. The molecular weight excluding hydrogens is 414 g/mol. The van der Waals surface area contributed by atoms with Crippen molar-refractivity contribution in [2.24, 2.45) is 5.92 Å². The van der Waals surface area contributed by atoms with E-state index in [1.165, 1.54) is 0 Å². The molecule has 8 nitrogen and oxygen atoms in total. The zero-order chi connectivity index (χ0) is 23.2. The Bertz CT molecular complexity index is 1270. The molecule has 33 heavy (non-hydrogen) atoms. The van der Waals surface area contributed by atoms with Gasteiger partial charge in [-0.25, -0.2) is 14.6 Å². The lowest BCUT2D eigenvalue weighted by Gasteiger charge is -2.09. The molecule has 0 saturated heterocycles. The Hall–Kier alpha value is -3.81. The van der Waals surface area contributed by atoms with Crippen LogP contribution in [-0.2, 0) is 19.5 Å². The lowest BCUT2D eigenvalue weighted by atomic mass is 9.98. The van der Waals surface area contributed by atoms with Crippen LogP contribution >= 0.6 is 0 Å². The van der Waals surface area contributed by atoms with Gasteiger partial charge in [0.25, 0.3) is 0 Å². The Kier molecular flexibility index (Phi) is 6.92. The Labute approximate surface area is 193 Å². The second kappa shape index (κ2) is 10.2. The fourth-order valence-electron chi connectivity index (χ4n) is 3.73. The van der Waals surface area contributed by atoms with Gasteiger partial charge in [0.05, 0.1) is 6.54 Å². The number of tetrazole rings is 1. The van der Waals surface area contributed by atoms with Crippen molar-refractivity contribution in [3.8, 4) is 22.5 Å². The molecular formula is C25H29N7O. The fraction of sp³-hybridized carbons (Fsp3) is 0.320. The van der Waals surface area contributed by atoms with Crippen LogP contribution in [0.3, 0.4) is 0 Å². The van der Waals surface area contributed by atoms with Crippen molar-refractivity contribution in [3.05, 3.63) is 82.6 Å². The van der Waals surface area contributed by atoms with Crippen LogP contribution in [0.15, 0.2) is 65.5 Å². The van der Waals surface area contributed by atoms with Crippen LogP contribution in [0.5, 0.6) is 0 Å². The minimum absolute atomic E-state index is 0.0533. The van der Waals surface area contributed by atoms with Crippen LogP contribution < -0.4 is 5.69 Å². The van der Waals surface area contributed by atoms with Gasteiger partial charge in [-0.2, -0.15) is 5.10 Å². The number of benzene rings is 2. The number of nitrogens with zero attached hydrogens (tertiary/aromatic N) is 6. The number of rotatable bonds is 9. The van der Waals surface area contributed by atoms with E-state index in [1.54, 1.807) is 9.25 Å². The molecule has 0 aliphatic heterocycles. The Morgan fingerprint density at radius 2 is 1.82 bits per heavy atom. The average molecular weight is 444 g/mol. The van der Waals surface area contributed by atoms with Gasteiger partial charge < -0.3 is 0 Å². The van der Waals surface area contributed by atoms with E-state index in [1.807, 2.05) is 43.3 Å². The number of allylic oxidation sites excluding steroid dienone is 2. The molecule has 8 heteroatoms.